The molecule has 2 aromatic rings. The summed E-state index contributed by atoms with van der Waals surface area (Å²) in [4.78, 5) is 2.17. The zero-order valence-electron chi connectivity index (χ0n) is 11.7. The molecule has 0 spiro atoms. The normalized spacial score (nSPS) is 22.6. The van der Waals surface area contributed by atoms with Crippen molar-refractivity contribution in [3.63, 3.8) is 0 Å². The number of nitrogens with zero attached hydrogens (tertiary/aromatic N) is 3. The zero-order valence-corrected chi connectivity index (χ0v) is 11.7. The predicted octanol–water partition coefficient (Wildman–Crippen LogP) is 2.22. The third kappa shape index (κ3) is 2.89. The lowest BCUT2D eigenvalue weighted by atomic mass is 9.93. The first-order valence-electron chi connectivity index (χ1n) is 6.95. The molecule has 1 unspecified atom stereocenters. The third-order valence-electron chi connectivity index (χ3n) is 3.96. The molecule has 0 radical (unpaired) electrons. The van der Waals surface area contributed by atoms with E-state index in [0.717, 1.165) is 24.2 Å². The first-order chi connectivity index (χ1) is 10.1. The topological polar surface area (TPSA) is 41.3 Å². The number of benzene rings is 1. The lowest BCUT2D eigenvalue weighted by molar-refractivity contribution is 0.0452. The van der Waals surface area contributed by atoms with Gasteiger partial charge in [0.1, 0.15) is 11.4 Å². The Morgan fingerprint density at radius 1 is 1.38 bits per heavy atom. The molecule has 1 atom stereocenters. The number of β-amino-alcohol motifs (C(OH)–C–C–N with tert-alkyl or cyclic N) is 1. The molecule has 0 aliphatic carbocycles. The Bertz CT molecular complexity index is 637. The highest BCUT2D eigenvalue weighted by atomic mass is 19.1. The zero-order chi connectivity index (χ0) is 14.9. The Balaban J connectivity index is 1.69. The van der Waals surface area contributed by atoms with Gasteiger partial charge in [0.05, 0.1) is 6.20 Å². The Labute approximate surface area is 123 Å². The molecule has 1 aromatic carbocycles. The summed E-state index contributed by atoms with van der Waals surface area (Å²) in [5.74, 6) is -0.283. The standard InChI is InChI=1S/C16H18FN3O/c1-2-20-11-13(9-18-20)10-19-8-7-16(21,12-19)14-3-5-15(17)6-4-14/h2-6,9,11,21H,1,7-8,10,12H2. The molecule has 0 amide bonds. The van der Waals surface area contributed by atoms with Crippen LogP contribution in [0.5, 0.6) is 0 Å². The van der Waals surface area contributed by atoms with E-state index in [1.165, 1.54) is 12.1 Å². The van der Waals surface area contributed by atoms with Crippen LogP contribution in [0.25, 0.3) is 6.20 Å². The van der Waals surface area contributed by atoms with Crippen molar-refractivity contribution in [1.82, 2.24) is 14.7 Å². The van der Waals surface area contributed by atoms with Crippen LogP contribution in [0.4, 0.5) is 4.39 Å². The highest BCUT2D eigenvalue weighted by molar-refractivity contribution is 5.25. The molecule has 5 heteroatoms. The minimum Gasteiger partial charge on any atom is -0.384 e. The molecule has 1 aliphatic heterocycles. The molecule has 1 saturated heterocycles. The smallest absolute Gasteiger partial charge is 0.123 e. The summed E-state index contributed by atoms with van der Waals surface area (Å²) in [6, 6.07) is 6.11. The molecular weight excluding hydrogens is 269 g/mol. The van der Waals surface area contributed by atoms with Crippen molar-refractivity contribution < 1.29 is 9.50 Å². The van der Waals surface area contributed by atoms with Crippen LogP contribution in [0.1, 0.15) is 17.5 Å². The molecule has 1 aromatic heterocycles. The quantitative estimate of drug-likeness (QED) is 0.937. The van der Waals surface area contributed by atoms with Crippen LogP contribution < -0.4 is 0 Å². The number of rotatable bonds is 4. The molecule has 21 heavy (non-hydrogen) atoms. The van der Waals surface area contributed by atoms with E-state index in [-0.39, 0.29) is 5.82 Å². The second-order valence-electron chi connectivity index (χ2n) is 5.51. The maximum absolute atomic E-state index is 13.0. The average Bonchev–Trinajstić information content (AvgIpc) is 3.08. The summed E-state index contributed by atoms with van der Waals surface area (Å²) in [6.07, 6.45) is 6.01. The van der Waals surface area contributed by atoms with Gasteiger partial charge < -0.3 is 5.11 Å². The van der Waals surface area contributed by atoms with Crippen LogP contribution in [0.2, 0.25) is 0 Å². The number of hydrogen-bond acceptors (Lipinski definition) is 3. The maximum Gasteiger partial charge on any atom is 0.123 e. The fourth-order valence-electron chi connectivity index (χ4n) is 2.82. The van der Waals surface area contributed by atoms with E-state index in [4.69, 9.17) is 0 Å². The highest BCUT2D eigenvalue weighted by Crippen LogP contribution is 2.32. The van der Waals surface area contributed by atoms with Gasteiger partial charge in [0.15, 0.2) is 0 Å². The molecule has 3 rings (SSSR count). The van der Waals surface area contributed by atoms with E-state index >= 15 is 0 Å². The van der Waals surface area contributed by atoms with Crippen molar-refractivity contribution in [3.8, 4) is 0 Å². The summed E-state index contributed by atoms with van der Waals surface area (Å²) in [6.45, 7) is 5.73. The van der Waals surface area contributed by atoms with Crippen LogP contribution in [-0.4, -0.2) is 32.9 Å². The molecule has 110 valence electrons. The van der Waals surface area contributed by atoms with Gasteiger partial charge in [0, 0.05) is 37.6 Å². The van der Waals surface area contributed by atoms with Gasteiger partial charge in [-0.05, 0) is 24.1 Å². The number of likely N-dealkylation sites (tertiary alicyclic amines) is 1. The summed E-state index contributed by atoms with van der Waals surface area (Å²) in [5, 5.41) is 14.9. The van der Waals surface area contributed by atoms with Crippen LogP contribution in [0, 0.1) is 5.82 Å². The van der Waals surface area contributed by atoms with Gasteiger partial charge in [-0.1, -0.05) is 18.7 Å². The van der Waals surface area contributed by atoms with Crippen molar-refractivity contribution in [3.05, 3.63) is 60.2 Å². The van der Waals surface area contributed by atoms with Gasteiger partial charge in [0.2, 0.25) is 0 Å². The number of halogens is 1. The first kappa shape index (κ1) is 14.0. The molecule has 1 N–H and O–H groups in total. The Kier molecular flexibility index (Phi) is 3.61. The first-order valence-corrected chi connectivity index (χ1v) is 6.95. The van der Waals surface area contributed by atoms with Gasteiger partial charge in [-0.3, -0.25) is 4.90 Å². The minimum atomic E-state index is -0.901. The Morgan fingerprint density at radius 3 is 2.81 bits per heavy atom. The third-order valence-corrected chi connectivity index (χ3v) is 3.96. The fraction of sp³-hybridized carbons (Fsp3) is 0.312. The van der Waals surface area contributed by atoms with Crippen molar-refractivity contribution in [2.45, 2.75) is 18.6 Å². The van der Waals surface area contributed by atoms with E-state index in [1.54, 1.807) is 29.2 Å². The molecule has 0 bridgehead atoms. The predicted molar refractivity (Wildman–Crippen MR) is 78.8 cm³/mol. The van der Waals surface area contributed by atoms with Crippen molar-refractivity contribution >= 4 is 6.20 Å². The number of aromatic nitrogens is 2. The molecule has 2 heterocycles. The molecule has 4 nitrogen and oxygen atoms in total. The van der Waals surface area contributed by atoms with Crippen molar-refractivity contribution in [1.29, 1.82) is 0 Å². The number of aliphatic hydroxyl groups is 1. The van der Waals surface area contributed by atoms with Crippen molar-refractivity contribution in [2.24, 2.45) is 0 Å². The van der Waals surface area contributed by atoms with Gasteiger partial charge in [-0.15, -0.1) is 0 Å². The monoisotopic (exact) mass is 287 g/mol. The maximum atomic E-state index is 13.0. The van der Waals surface area contributed by atoms with Gasteiger partial charge in [-0.2, -0.15) is 5.10 Å². The molecule has 0 saturated carbocycles. The van der Waals surface area contributed by atoms with Crippen molar-refractivity contribution in [2.75, 3.05) is 13.1 Å². The fourth-order valence-corrected chi connectivity index (χ4v) is 2.82. The Hall–Kier alpha value is -1.98. The molecule has 1 fully saturated rings. The molecular formula is C16H18FN3O. The van der Waals surface area contributed by atoms with Gasteiger partial charge in [-0.25, -0.2) is 9.07 Å². The summed E-state index contributed by atoms with van der Waals surface area (Å²) in [7, 11) is 0. The van der Waals surface area contributed by atoms with Crippen LogP contribution in [0.15, 0.2) is 43.2 Å². The van der Waals surface area contributed by atoms with Crippen LogP contribution in [0.3, 0.4) is 0 Å². The molecule has 1 aliphatic rings. The average molecular weight is 287 g/mol. The van der Waals surface area contributed by atoms with E-state index in [2.05, 4.69) is 16.6 Å². The van der Waals surface area contributed by atoms with Crippen LogP contribution >= 0.6 is 0 Å². The largest absolute Gasteiger partial charge is 0.384 e. The SMILES string of the molecule is C=Cn1cc(CN2CCC(O)(c3ccc(F)cc3)C2)cn1. The van der Waals surface area contributed by atoms with E-state index in [1.807, 2.05) is 6.20 Å². The second-order valence-corrected chi connectivity index (χ2v) is 5.51. The lowest BCUT2D eigenvalue weighted by Crippen LogP contribution is -2.30. The van der Waals surface area contributed by atoms with Gasteiger partial charge in [0.25, 0.3) is 0 Å². The summed E-state index contributed by atoms with van der Waals surface area (Å²) >= 11 is 0. The van der Waals surface area contributed by atoms with Gasteiger partial charge >= 0.3 is 0 Å². The van der Waals surface area contributed by atoms with E-state index in [0.29, 0.717) is 13.0 Å². The number of hydrogen-bond donors (Lipinski definition) is 1. The Morgan fingerprint density at radius 2 is 2.14 bits per heavy atom. The van der Waals surface area contributed by atoms with E-state index in [9.17, 15) is 9.50 Å². The summed E-state index contributed by atoms with van der Waals surface area (Å²) < 4.78 is 14.7. The lowest BCUT2D eigenvalue weighted by Gasteiger charge is -2.23. The van der Waals surface area contributed by atoms with Crippen LogP contribution in [-0.2, 0) is 12.1 Å². The summed E-state index contributed by atoms with van der Waals surface area (Å²) in [5.41, 5.74) is 0.953. The highest BCUT2D eigenvalue weighted by Gasteiger charge is 2.37. The second kappa shape index (κ2) is 5.42. The minimum absolute atomic E-state index is 0.283. The van der Waals surface area contributed by atoms with E-state index < -0.39 is 5.60 Å².